The topological polar surface area (TPSA) is 105 Å². The number of nitrogen functional groups attached to an aromatic ring is 1. The SMILES string of the molecule is [B]C1(O)CC2OCC(n3cc(-c4cnc(N)c(OC(C)c5c(Cl)ccc(F)c5Cl)c4)cn3)C2O1. The first-order valence-corrected chi connectivity index (χ1v) is 11.3. The van der Waals surface area contributed by atoms with Gasteiger partial charge < -0.3 is 25.1 Å². The van der Waals surface area contributed by atoms with Crippen molar-refractivity contribution >= 4 is 36.9 Å². The van der Waals surface area contributed by atoms with E-state index in [-0.39, 0.29) is 40.2 Å². The molecule has 3 aromatic rings. The van der Waals surface area contributed by atoms with Crippen LogP contribution in [0, 0.1) is 5.82 Å². The van der Waals surface area contributed by atoms with Gasteiger partial charge in [-0.1, -0.05) is 23.2 Å². The lowest BCUT2D eigenvalue weighted by atomic mass is 9.91. The molecular formula is C22H20BCl2FN4O4. The lowest BCUT2D eigenvalue weighted by molar-refractivity contribution is -0.136. The number of ether oxygens (including phenoxy) is 3. The Morgan fingerprint density at radius 1 is 1.35 bits per heavy atom. The molecule has 2 saturated heterocycles. The lowest BCUT2D eigenvalue weighted by Crippen LogP contribution is -2.32. The smallest absolute Gasteiger partial charge is 0.166 e. The zero-order valence-electron chi connectivity index (χ0n) is 18.0. The molecule has 8 nitrogen and oxygen atoms in total. The van der Waals surface area contributed by atoms with E-state index in [0.717, 1.165) is 5.56 Å². The van der Waals surface area contributed by atoms with E-state index < -0.39 is 23.7 Å². The highest BCUT2D eigenvalue weighted by atomic mass is 35.5. The average molecular weight is 505 g/mol. The molecule has 0 aliphatic carbocycles. The maximum atomic E-state index is 13.9. The second kappa shape index (κ2) is 8.69. The normalized spacial score (nSPS) is 27.0. The third-order valence-corrected chi connectivity index (χ3v) is 6.72. The zero-order valence-corrected chi connectivity index (χ0v) is 19.5. The van der Waals surface area contributed by atoms with E-state index in [1.165, 1.54) is 12.1 Å². The fourth-order valence-corrected chi connectivity index (χ4v) is 5.01. The van der Waals surface area contributed by atoms with Crippen molar-refractivity contribution in [2.75, 3.05) is 12.3 Å². The molecule has 0 amide bonds. The van der Waals surface area contributed by atoms with Gasteiger partial charge in [-0.3, -0.25) is 4.68 Å². The molecule has 5 rings (SSSR count). The second-order valence-electron chi connectivity index (χ2n) is 8.40. The van der Waals surface area contributed by atoms with Crippen molar-refractivity contribution in [2.45, 2.75) is 43.4 Å². The number of nitrogens with two attached hydrogens (primary N) is 1. The van der Waals surface area contributed by atoms with E-state index in [2.05, 4.69) is 10.1 Å². The maximum Gasteiger partial charge on any atom is 0.166 e. The summed E-state index contributed by atoms with van der Waals surface area (Å²) < 4.78 is 32.9. The number of pyridine rings is 1. The predicted molar refractivity (Wildman–Crippen MR) is 124 cm³/mol. The van der Waals surface area contributed by atoms with Crippen LogP contribution in [-0.4, -0.2) is 52.2 Å². The lowest BCUT2D eigenvalue weighted by Gasteiger charge is -2.22. The minimum absolute atomic E-state index is 0.112. The highest BCUT2D eigenvalue weighted by Gasteiger charge is 2.50. The number of aliphatic hydroxyl groups is 1. The van der Waals surface area contributed by atoms with E-state index in [1.807, 2.05) is 6.20 Å². The number of benzene rings is 1. The largest absolute Gasteiger partial charge is 0.482 e. The quantitative estimate of drug-likeness (QED) is 0.403. The summed E-state index contributed by atoms with van der Waals surface area (Å²) in [6.07, 6.45) is 3.87. The summed E-state index contributed by atoms with van der Waals surface area (Å²) in [7, 11) is 5.70. The van der Waals surface area contributed by atoms with Crippen molar-refractivity contribution in [1.82, 2.24) is 14.8 Å². The molecule has 0 bridgehead atoms. The van der Waals surface area contributed by atoms with Crippen LogP contribution in [0.15, 0.2) is 36.8 Å². The van der Waals surface area contributed by atoms with Crippen LogP contribution < -0.4 is 10.5 Å². The van der Waals surface area contributed by atoms with Crippen molar-refractivity contribution < 1.29 is 23.7 Å². The number of anilines is 1. The molecule has 4 heterocycles. The fourth-order valence-electron chi connectivity index (χ4n) is 4.33. The van der Waals surface area contributed by atoms with Gasteiger partial charge >= 0.3 is 0 Å². The molecule has 3 N–H and O–H groups in total. The highest BCUT2D eigenvalue weighted by molar-refractivity contribution is 6.36. The van der Waals surface area contributed by atoms with Gasteiger partial charge in [0.25, 0.3) is 0 Å². The molecule has 2 radical (unpaired) electrons. The second-order valence-corrected chi connectivity index (χ2v) is 9.19. The molecular weight excluding hydrogens is 485 g/mol. The van der Waals surface area contributed by atoms with Gasteiger partial charge in [-0.2, -0.15) is 5.10 Å². The summed E-state index contributed by atoms with van der Waals surface area (Å²) in [4.78, 5) is 4.22. The molecule has 2 aliphatic heterocycles. The Balaban J connectivity index is 1.38. The third-order valence-electron chi connectivity index (χ3n) is 6.01. The first-order chi connectivity index (χ1) is 16.1. The Morgan fingerprint density at radius 3 is 2.94 bits per heavy atom. The molecule has 0 saturated carbocycles. The Bertz CT molecular complexity index is 1240. The van der Waals surface area contributed by atoms with Crippen molar-refractivity contribution in [2.24, 2.45) is 0 Å². The summed E-state index contributed by atoms with van der Waals surface area (Å²) in [6.45, 7) is 2.07. The van der Waals surface area contributed by atoms with E-state index in [0.29, 0.717) is 17.7 Å². The van der Waals surface area contributed by atoms with E-state index in [4.69, 9.17) is 51.0 Å². The van der Waals surface area contributed by atoms with E-state index >= 15 is 0 Å². The van der Waals surface area contributed by atoms with E-state index in [1.54, 1.807) is 30.1 Å². The molecule has 0 spiro atoms. The minimum atomic E-state index is -1.71. The summed E-state index contributed by atoms with van der Waals surface area (Å²) >= 11 is 12.3. The van der Waals surface area contributed by atoms with Gasteiger partial charge in [0.05, 0.1) is 23.9 Å². The van der Waals surface area contributed by atoms with Crippen LogP contribution in [0.4, 0.5) is 10.2 Å². The Labute approximate surface area is 206 Å². The van der Waals surface area contributed by atoms with Crippen molar-refractivity contribution in [3.05, 3.63) is 58.2 Å². The molecule has 1 aromatic carbocycles. The van der Waals surface area contributed by atoms with Gasteiger partial charge in [0.15, 0.2) is 19.4 Å². The summed E-state index contributed by atoms with van der Waals surface area (Å²) in [6, 6.07) is 4.07. The first-order valence-electron chi connectivity index (χ1n) is 10.5. The van der Waals surface area contributed by atoms with Gasteiger partial charge in [0.2, 0.25) is 0 Å². The number of halogens is 3. The Kier molecular flexibility index (Phi) is 5.98. The molecule has 5 atom stereocenters. The summed E-state index contributed by atoms with van der Waals surface area (Å²) in [5.41, 5.74) is 6.07. The van der Waals surface area contributed by atoms with Gasteiger partial charge in [-0.25, -0.2) is 9.37 Å². The van der Waals surface area contributed by atoms with Crippen LogP contribution in [0.3, 0.4) is 0 Å². The molecule has 176 valence electrons. The number of hydrogen-bond donors (Lipinski definition) is 2. The maximum absolute atomic E-state index is 13.9. The number of fused-ring (bicyclic) bond motifs is 1. The molecule has 5 unspecified atom stereocenters. The monoisotopic (exact) mass is 504 g/mol. The van der Waals surface area contributed by atoms with Crippen molar-refractivity contribution in [3.63, 3.8) is 0 Å². The van der Waals surface area contributed by atoms with Gasteiger partial charge in [-0.15, -0.1) is 0 Å². The summed E-state index contributed by atoms with van der Waals surface area (Å²) in [5, 5.41) is 14.6. The van der Waals surface area contributed by atoms with Crippen molar-refractivity contribution in [1.29, 1.82) is 0 Å². The van der Waals surface area contributed by atoms with Crippen LogP contribution in [0.1, 0.15) is 31.1 Å². The van der Waals surface area contributed by atoms with Crippen LogP contribution in [-0.2, 0) is 9.47 Å². The average Bonchev–Trinajstić information content (AvgIpc) is 3.46. The van der Waals surface area contributed by atoms with Crippen LogP contribution >= 0.6 is 23.2 Å². The summed E-state index contributed by atoms with van der Waals surface area (Å²) in [5.74, 6) is -0.160. The number of rotatable bonds is 5. The van der Waals surface area contributed by atoms with Gasteiger partial charge in [0, 0.05) is 40.5 Å². The molecule has 34 heavy (non-hydrogen) atoms. The van der Waals surface area contributed by atoms with Crippen LogP contribution in [0.2, 0.25) is 10.0 Å². The number of hydrogen-bond acceptors (Lipinski definition) is 7. The molecule has 2 aromatic heterocycles. The Morgan fingerprint density at radius 2 is 2.15 bits per heavy atom. The van der Waals surface area contributed by atoms with Gasteiger partial charge in [-0.05, 0) is 25.1 Å². The van der Waals surface area contributed by atoms with Gasteiger partial charge in [0.1, 0.15) is 29.8 Å². The van der Waals surface area contributed by atoms with Crippen molar-refractivity contribution in [3.8, 4) is 16.9 Å². The molecule has 2 fully saturated rings. The number of aromatic nitrogens is 3. The fraction of sp³-hybridized carbons (Fsp3) is 0.364. The van der Waals surface area contributed by atoms with Crippen LogP contribution in [0.5, 0.6) is 5.75 Å². The number of nitrogens with zero attached hydrogens (tertiary/aromatic N) is 3. The predicted octanol–water partition coefficient (Wildman–Crippen LogP) is 3.66. The standard InChI is InChI=1S/C22H20BCl2FN4O4/c1-10(18-13(24)2-3-14(26)19(18)25)33-16-4-11(6-28-21(16)27)12-7-29-30(8-12)15-9-32-17-5-22(23,31)34-20(15)17/h2-4,6-8,10,15,17,20,31H,5,9H2,1H3,(H2,27,28). The van der Waals surface area contributed by atoms with E-state index in [9.17, 15) is 9.50 Å². The van der Waals surface area contributed by atoms with Crippen LogP contribution in [0.25, 0.3) is 11.1 Å². The highest BCUT2D eigenvalue weighted by Crippen LogP contribution is 2.40. The molecule has 2 aliphatic rings. The molecule has 12 heteroatoms. The zero-order chi connectivity index (χ0) is 24.2. The third kappa shape index (κ3) is 4.25. The first kappa shape index (κ1) is 23.4. The minimum Gasteiger partial charge on any atom is -0.482 e. The Hall–Kier alpha value is -2.37.